The predicted octanol–water partition coefficient (Wildman–Crippen LogP) is 3.45. The molecular weight excluding hydrogens is 368 g/mol. The van der Waals surface area contributed by atoms with Gasteiger partial charge in [0.1, 0.15) is 6.54 Å². The number of ether oxygens (including phenoxy) is 2. The Morgan fingerprint density at radius 1 is 1.03 bits per heavy atom. The van der Waals surface area contributed by atoms with Crippen molar-refractivity contribution in [3.05, 3.63) is 59.3 Å². The normalized spacial score (nSPS) is 13.3. The summed E-state index contributed by atoms with van der Waals surface area (Å²) in [4.78, 5) is 26.9. The molecule has 0 saturated heterocycles. The standard InChI is InChI=1S/C23H24N2O4/c1-15(26)19-13-25(20-7-5-4-6-18(19)20)14-23(27)24-9-8-16-10-21(28-2)22(29-3)11-17(16)12-24/h4-7,10-11,13H,8-9,12,14H2,1-3H3. The molecule has 3 aromatic rings. The topological polar surface area (TPSA) is 60.8 Å². The van der Waals surface area contributed by atoms with Crippen molar-refractivity contribution in [2.75, 3.05) is 20.8 Å². The molecule has 1 aliphatic heterocycles. The minimum atomic E-state index is 0.000316. The van der Waals surface area contributed by atoms with E-state index in [1.807, 2.05) is 45.9 Å². The lowest BCUT2D eigenvalue weighted by Gasteiger charge is -2.30. The fourth-order valence-corrected chi connectivity index (χ4v) is 4.00. The van der Waals surface area contributed by atoms with Gasteiger partial charge in [-0.1, -0.05) is 18.2 Å². The summed E-state index contributed by atoms with van der Waals surface area (Å²) in [6.07, 6.45) is 2.56. The van der Waals surface area contributed by atoms with Gasteiger partial charge in [-0.3, -0.25) is 9.59 Å². The van der Waals surface area contributed by atoms with Crippen LogP contribution in [0, 0.1) is 0 Å². The number of aromatic nitrogens is 1. The van der Waals surface area contributed by atoms with Crippen LogP contribution in [0.5, 0.6) is 11.5 Å². The van der Waals surface area contributed by atoms with Crippen molar-refractivity contribution in [1.29, 1.82) is 0 Å². The molecule has 0 radical (unpaired) electrons. The van der Waals surface area contributed by atoms with Crippen LogP contribution in [-0.2, 0) is 24.3 Å². The minimum Gasteiger partial charge on any atom is -0.493 e. The van der Waals surface area contributed by atoms with Crippen LogP contribution in [0.25, 0.3) is 10.9 Å². The van der Waals surface area contributed by atoms with E-state index in [-0.39, 0.29) is 18.2 Å². The van der Waals surface area contributed by atoms with Gasteiger partial charge in [0, 0.05) is 35.8 Å². The lowest BCUT2D eigenvalue weighted by Crippen LogP contribution is -2.38. The van der Waals surface area contributed by atoms with Crippen molar-refractivity contribution in [3.8, 4) is 11.5 Å². The van der Waals surface area contributed by atoms with Crippen molar-refractivity contribution in [1.82, 2.24) is 9.47 Å². The third kappa shape index (κ3) is 3.46. The summed E-state index contributed by atoms with van der Waals surface area (Å²) >= 11 is 0. The molecular formula is C23H24N2O4. The second-order valence-corrected chi connectivity index (χ2v) is 7.29. The van der Waals surface area contributed by atoms with E-state index < -0.39 is 0 Å². The molecule has 0 aliphatic carbocycles. The summed E-state index contributed by atoms with van der Waals surface area (Å²) in [5.41, 5.74) is 3.80. The van der Waals surface area contributed by atoms with Crippen molar-refractivity contribution in [2.24, 2.45) is 0 Å². The van der Waals surface area contributed by atoms with E-state index in [0.717, 1.165) is 22.9 Å². The van der Waals surface area contributed by atoms with E-state index in [2.05, 4.69) is 0 Å². The molecule has 0 atom stereocenters. The van der Waals surface area contributed by atoms with Crippen molar-refractivity contribution in [2.45, 2.75) is 26.4 Å². The molecule has 0 spiro atoms. The first-order valence-electron chi connectivity index (χ1n) is 9.62. The summed E-state index contributed by atoms with van der Waals surface area (Å²) in [5.74, 6) is 1.41. The third-order valence-electron chi connectivity index (χ3n) is 5.54. The van der Waals surface area contributed by atoms with Crippen molar-refractivity contribution >= 4 is 22.6 Å². The first-order valence-corrected chi connectivity index (χ1v) is 9.62. The van der Waals surface area contributed by atoms with E-state index in [1.54, 1.807) is 27.3 Å². The van der Waals surface area contributed by atoms with Gasteiger partial charge in [0.25, 0.3) is 0 Å². The molecule has 0 unspecified atom stereocenters. The molecule has 1 aromatic heterocycles. The minimum absolute atomic E-state index is 0.000316. The molecule has 6 heteroatoms. The van der Waals surface area contributed by atoms with Crippen LogP contribution in [0.4, 0.5) is 0 Å². The van der Waals surface area contributed by atoms with Gasteiger partial charge in [0.05, 0.1) is 14.2 Å². The molecule has 4 rings (SSSR count). The van der Waals surface area contributed by atoms with Gasteiger partial charge in [0.2, 0.25) is 5.91 Å². The van der Waals surface area contributed by atoms with E-state index in [4.69, 9.17) is 9.47 Å². The number of para-hydroxylation sites is 1. The van der Waals surface area contributed by atoms with Crippen LogP contribution in [0.15, 0.2) is 42.6 Å². The monoisotopic (exact) mass is 392 g/mol. The highest BCUT2D eigenvalue weighted by atomic mass is 16.5. The Balaban J connectivity index is 1.58. The summed E-state index contributed by atoms with van der Waals surface area (Å²) in [5, 5.41) is 0.883. The Labute approximate surface area is 169 Å². The second-order valence-electron chi connectivity index (χ2n) is 7.29. The molecule has 0 bridgehead atoms. The summed E-state index contributed by atoms with van der Waals surface area (Å²) in [7, 11) is 3.24. The highest BCUT2D eigenvalue weighted by Crippen LogP contribution is 2.33. The molecule has 0 saturated carbocycles. The molecule has 2 aromatic carbocycles. The van der Waals surface area contributed by atoms with Crippen molar-refractivity contribution < 1.29 is 19.1 Å². The van der Waals surface area contributed by atoms with Crippen LogP contribution >= 0.6 is 0 Å². The number of ketones is 1. The van der Waals surface area contributed by atoms with Crippen LogP contribution < -0.4 is 9.47 Å². The van der Waals surface area contributed by atoms with Gasteiger partial charge in [-0.2, -0.15) is 0 Å². The van der Waals surface area contributed by atoms with Gasteiger partial charge >= 0.3 is 0 Å². The molecule has 29 heavy (non-hydrogen) atoms. The maximum absolute atomic E-state index is 13.0. The largest absolute Gasteiger partial charge is 0.493 e. The van der Waals surface area contributed by atoms with Gasteiger partial charge in [-0.25, -0.2) is 0 Å². The van der Waals surface area contributed by atoms with Crippen LogP contribution in [0.1, 0.15) is 28.4 Å². The Morgan fingerprint density at radius 2 is 1.72 bits per heavy atom. The zero-order chi connectivity index (χ0) is 20.5. The molecule has 1 aliphatic rings. The zero-order valence-corrected chi connectivity index (χ0v) is 16.9. The third-order valence-corrected chi connectivity index (χ3v) is 5.54. The maximum Gasteiger partial charge on any atom is 0.242 e. The maximum atomic E-state index is 13.0. The Morgan fingerprint density at radius 3 is 2.41 bits per heavy atom. The fraction of sp³-hybridized carbons (Fsp3) is 0.304. The van der Waals surface area contributed by atoms with E-state index in [9.17, 15) is 9.59 Å². The van der Waals surface area contributed by atoms with Crippen molar-refractivity contribution in [3.63, 3.8) is 0 Å². The highest BCUT2D eigenvalue weighted by molar-refractivity contribution is 6.07. The van der Waals surface area contributed by atoms with Crippen LogP contribution in [0.3, 0.4) is 0 Å². The summed E-state index contributed by atoms with van der Waals surface area (Å²) in [6.45, 7) is 2.95. The molecule has 1 amide bonds. The highest BCUT2D eigenvalue weighted by Gasteiger charge is 2.24. The first kappa shape index (κ1) is 19.1. The fourth-order valence-electron chi connectivity index (χ4n) is 4.00. The molecule has 0 N–H and O–H groups in total. The number of nitrogens with zero attached hydrogens (tertiary/aromatic N) is 2. The Bertz CT molecular complexity index is 1100. The van der Waals surface area contributed by atoms with E-state index >= 15 is 0 Å². The molecule has 0 fully saturated rings. The van der Waals surface area contributed by atoms with Crippen LogP contribution in [-0.4, -0.2) is 41.9 Å². The number of Topliss-reactive ketones (excluding diaryl/α,β-unsaturated/α-hetero) is 1. The molecule has 2 heterocycles. The predicted molar refractivity (Wildman–Crippen MR) is 111 cm³/mol. The zero-order valence-electron chi connectivity index (χ0n) is 16.9. The van der Waals surface area contributed by atoms with E-state index in [1.165, 1.54) is 5.56 Å². The van der Waals surface area contributed by atoms with Gasteiger partial charge in [0.15, 0.2) is 17.3 Å². The lowest BCUT2D eigenvalue weighted by molar-refractivity contribution is -0.132. The quantitative estimate of drug-likeness (QED) is 0.624. The van der Waals surface area contributed by atoms with E-state index in [0.29, 0.717) is 30.2 Å². The number of rotatable bonds is 5. The number of carbonyl (C=O) groups is 2. The summed E-state index contributed by atoms with van der Waals surface area (Å²) in [6, 6.07) is 11.6. The molecule has 6 nitrogen and oxygen atoms in total. The first-order chi connectivity index (χ1) is 14.0. The Hall–Kier alpha value is -3.28. The number of hydrogen-bond donors (Lipinski definition) is 0. The van der Waals surface area contributed by atoms with Crippen LogP contribution in [0.2, 0.25) is 0 Å². The Kier molecular flexibility index (Phi) is 5.01. The van der Waals surface area contributed by atoms with Gasteiger partial charge in [-0.05, 0) is 42.7 Å². The number of carbonyl (C=O) groups excluding carboxylic acids is 2. The number of amides is 1. The second kappa shape index (κ2) is 7.62. The molecule has 150 valence electrons. The summed E-state index contributed by atoms with van der Waals surface area (Å²) < 4.78 is 12.7. The SMILES string of the molecule is COc1cc2c(cc1OC)CN(C(=O)Cn1cc(C(C)=O)c3ccccc31)CC2. The average molecular weight is 392 g/mol. The smallest absolute Gasteiger partial charge is 0.242 e. The number of benzene rings is 2. The lowest BCUT2D eigenvalue weighted by atomic mass is 9.98. The average Bonchev–Trinajstić information content (AvgIpc) is 3.11. The number of fused-ring (bicyclic) bond motifs is 2. The number of methoxy groups -OCH3 is 2. The van der Waals surface area contributed by atoms with Gasteiger partial charge < -0.3 is 18.9 Å². The van der Waals surface area contributed by atoms with Gasteiger partial charge in [-0.15, -0.1) is 0 Å². The number of hydrogen-bond acceptors (Lipinski definition) is 4.